The van der Waals surface area contributed by atoms with Crippen molar-refractivity contribution in [2.75, 3.05) is 26.3 Å². The summed E-state index contributed by atoms with van der Waals surface area (Å²) >= 11 is 1.55. The van der Waals surface area contributed by atoms with Crippen molar-refractivity contribution in [3.8, 4) is 17.3 Å². The highest BCUT2D eigenvalue weighted by Gasteiger charge is 2.22. The molecule has 7 nitrogen and oxygen atoms in total. The Balaban J connectivity index is 1.45. The smallest absolute Gasteiger partial charge is 0.254 e. The highest BCUT2D eigenvalue weighted by atomic mass is 32.2. The fraction of sp³-hybridized carbons (Fsp3) is 0.240. The number of morpholine rings is 1. The first-order chi connectivity index (χ1) is 16.2. The van der Waals surface area contributed by atoms with Crippen LogP contribution in [-0.2, 0) is 10.5 Å². The quantitative estimate of drug-likeness (QED) is 0.392. The molecule has 0 spiro atoms. The molecule has 0 radical (unpaired) electrons. The van der Waals surface area contributed by atoms with Gasteiger partial charge in [-0.3, -0.25) is 9.36 Å². The number of carbonyl (C=O) groups is 1. The third kappa shape index (κ3) is 4.58. The van der Waals surface area contributed by atoms with Crippen molar-refractivity contribution in [1.29, 1.82) is 0 Å². The Labute approximate surface area is 196 Å². The third-order valence-corrected chi connectivity index (χ3v) is 6.52. The zero-order valence-corrected chi connectivity index (χ0v) is 19.1. The molecule has 0 unspecified atom stereocenters. The Morgan fingerprint density at radius 1 is 1.03 bits per heavy atom. The average molecular weight is 461 g/mol. The van der Waals surface area contributed by atoms with Crippen LogP contribution in [0.15, 0.2) is 76.5 Å². The largest absolute Gasteiger partial charge is 0.461 e. The fourth-order valence-electron chi connectivity index (χ4n) is 3.86. The average Bonchev–Trinajstić information content (AvgIpc) is 3.53. The molecule has 8 heteroatoms. The van der Waals surface area contributed by atoms with E-state index in [4.69, 9.17) is 9.15 Å². The predicted octanol–water partition coefficient (Wildman–Crippen LogP) is 4.60. The van der Waals surface area contributed by atoms with Crippen LogP contribution >= 0.6 is 11.8 Å². The second kappa shape index (κ2) is 9.64. The summed E-state index contributed by atoms with van der Waals surface area (Å²) in [4.78, 5) is 15.0. The van der Waals surface area contributed by atoms with Crippen molar-refractivity contribution in [3.05, 3.63) is 83.6 Å². The number of hydrogen-bond donors (Lipinski definition) is 0. The molecule has 0 aliphatic carbocycles. The lowest BCUT2D eigenvalue weighted by Crippen LogP contribution is -2.41. The molecule has 0 bridgehead atoms. The van der Waals surface area contributed by atoms with Crippen LogP contribution in [0.25, 0.3) is 17.3 Å². The van der Waals surface area contributed by atoms with Crippen molar-refractivity contribution in [2.24, 2.45) is 0 Å². The number of rotatable bonds is 6. The molecule has 168 valence electrons. The number of aryl methyl sites for hydroxylation is 1. The van der Waals surface area contributed by atoms with E-state index >= 15 is 0 Å². The van der Waals surface area contributed by atoms with Crippen LogP contribution in [0, 0.1) is 6.92 Å². The topological polar surface area (TPSA) is 73.4 Å². The van der Waals surface area contributed by atoms with Crippen LogP contribution < -0.4 is 0 Å². The van der Waals surface area contributed by atoms with E-state index in [9.17, 15) is 4.79 Å². The number of nitrogens with zero attached hydrogens (tertiary/aromatic N) is 4. The van der Waals surface area contributed by atoms with E-state index in [2.05, 4.69) is 29.3 Å². The van der Waals surface area contributed by atoms with Crippen molar-refractivity contribution in [1.82, 2.24) is 19.7 Å². The summed E-state index contributed by atoms with van der Waals surface area (Å²) in [5, 5.41) is 9.62. The molecule has 3 heterocycles. The highest BCUT2D eigenvalue weighted by molar-refractivity contribution is 7.98. The first-order valence-corrected chi connectivity index (χ1v) is 11.8. The van der Waals surface area contributed by atoms with E-state index in [0.717, 1.165) is 27.5 Å². The van der Waals surface area contributed by atoms with Crippen LogP contribution in [0.5, 0.6) is 0 Å². The molecule has 1 fully saturated rings. The maximum absolute atomic E-state index is 13.1. The fourth-order valence-corrected chi connectivity index (χ4v) is 4.82. The SMILES string of the molecule is Cc1cccc(-n2c(SCc3ccccc3C(=O)N3CCOCC3)nnc2-c2ccco2)c1. The summed E-state index contributed by atoms with van der Waals surface area (Å²) in [6.07, 6.45) is 1.63. The molecule has 5 rings (SSSR count). The van der Waals surface area contributed by atoms with Crippen molar-refractivity contribution in [3.63, 3.8) is 0 Å². The van der Waals surface area contributed by atoms with Crippen molar-refractivity contribution < 1.29 is 13.9 Å². The molecule has 0 N–H and O–H groups in total. The van der Waals surface area contributed by atoms with E-state index < -0.39 is 0 Å². The molecule has 33 heavy (non-hydrogen) atoms. The summed E-state index contributed by atoms with van der Waals surface area (Å²) < 4.78 is 13.0. The van der Waals surface area contributed by atoms with Gasteiger partial charge >= 0.3 is 0 Å². The maximum atomic E-state index is 13.1. The van der Waals surface area contributed by atoms with Gasteiger partial charge in [-0.25, -0.2) is 0 Å². The van der Waals surface area contributed by atoms with Gasteiger partial charge in [0.05, 0.1) is 25.2 Å². The van der Waals surface area contributed by atoms with Crippen LogP contribution in [-0.4, -0.2) is 51.9 Å². The van der Waals surface area contributed by atoms with Crippen molar-refractivity contribution in [2.45, 2.75) is 17.8 Å². The van der Waals surface area contributed by atoms with E-state index in [1.54, 1.807) is 18.0 Å². The number of aromatic nitrogens is 3. The minimum absolute atomic E-state index is 0.0472. The molecular formula is C25H24N4O3S. The Bertz CT molecular complexity index is 1250. The molecule has 1 saturated heterocycles. The van der Waals surface area contributed by atoms with E-state index in [1.807, 2.05) is 58.0 Å². The number of carbonyl (C=O) groups excluding carboxylic acids is 1. The minimum atomic E-state index is 0.0472. The van der Waals surface area contributed by atoms with Gasteiger partial charge in [0.25, 0.3) is 5.91 Å². The number of ether oxygens (including phenoxy) is 1. The van der Waals surface area contributed by atoms with Crippen molar-refractivity contribution >= 4 is 17.7 Å². The van der Waals surface area contributed by atoms with Gasteiger partial charge in [-0.2, -0.15) is 0 Å². The van der Waals surface area contributed by atoms with Gasteiger partial charge in [-0.15, -0.1) is 10.2 Å². The third-order valence-electron chi connectivity index (χ3n) is 5.54. The normalized spacial score (nSPS) is 13.9. The van der Waals surface area contributed by atoms with Gasteiger partial charge < -0.3 is 14.1 Å². The Morgan fingerprint density at radius 2 is 1.88 bits per heavy atom. The maximum Gasteiger partial charge on any atom is 0.254 e. The molecule has 2 aromatic heterocycles. The Hall–Kier alpha value is -3.36. The first-order valence-electron chi connectivity index (χ1n) is 10.8. The molecule has 4 aromatic rings. The molecule has 1 aliphatic heterocycles. The minimum Gasteiger partial charge on any atom is -0.461 e. The number of amides is 1. The molecule has 0 atom stereocenters. The van der Waals surface area contributed by atoms with Crippen LogP contribution in [0.1, 0.15) is 21.5 Å². The van der Waals surface area contributed by atoms with Crippen LogP contribution in [0.3, 0.4) is 0 Å². The van der Waals surface area contributed by atoms with E-state index in [0.29, 0.717) is 43.6 Å². The monoisotopic (exact) mass is 460 g/mol. The Morgan fingerprint density at radius 3 is 2.67 bits per heavy atom. The standard InChI is InChI=1S/C25H24N4O3S/c1-18-6-4-8-20(16-18)29-23(22-10-5-13-32-22)26-27-25(29)33-17-19-7-2-3-9-21(19)24(30)28-11-14-31-15-12-28/h2-10,13,16H,11-12,14-15,17H2,1H3. The molecule has 1 amide bonds. The molecule has 0 saturated carbocycles. The van der Waals surface area contributed by atoms with Crippen LogP contribution in [0.4, 0.5) is 0 Å². The predicted molar refractivity (Wildman–Crippen MR) is 127 cm³/mol. The highest BCUT2D eigenvalue weighted by Crippen LogP contribution is 2.31. The van der Waals surface area contributed by atoms with Gasteiger partial charge in [0.1, 0.15) is 0 Å². The number of benzene rings is 2. The Kier molecular flexibility index (Phi) is 6.28. The number of furan rings is 1. The second-order valence-corrected chi connectivity index (χ2v) is 8.75. The first kappa shape index (κ1) is 21.5. The van der Waals surface area contributed by atoms with Gasteiger partial charge in [-0.05, 0) is 48.4 Å². The van der Waals surface area contributed by atoms with E-state index in [1.165, 1.54) is 0 Å². The van der Waals surface area contributed by atoms with Crippen LogP contribution in [0.2, 0.25) is 0 Å². The summed E-state index contributed by atoms with van der Waals surface area (Å²) in [5.74, 6) is 1.93. The van der Waals surface area contributed by atoms with Gasteiger partial charge in [0.15, 0.2) is 10.9 Å². The number of thioether (sulfide) groups is 1. The summed E-state index contributed by atoms with van der Waals surface area (Å²) in [7, 11) is 0. The molecular weight excluding hydrogens is 436 g/mol. The zero-order valence-electron chi connectivity index (χ0n) is 18.3. The summed E-state index contributed by atoms with van der Waals surface area (Å²) in [6.45, 7) is 4.46. The van der Waals surface area contributed by atoms with Gasteiger partial charge in [0.2, 0.25) is 5.82 Å². The lowest BCUT2D eigenvalue weighted by Gasteiger charge is -2.27. The lowest BCUT2D eigenvalue weighted by molar-refractivity contribution is 0.0302. The summed E-state index contributed by atoms with van der Waals surface area (Å²) in [5.41, 5.74) is 3.80. The summed E-state index contributed by atoms with van der Waals surface area (Å²) in [6, 6.07) is 19.7. The lowest BCUT2D eigenvalue weighted by atomic mass is 10.1. The number of hydrogen-bond acceptors (Lipinski definition) is 6. The van der Waals surface area contributed by atoms with Gasteiger partial charge in [-0.1, -0.05) is 42.1 Å². The zero-order chi connectivity index (χ0) is 22.6. The molecule has 2 aromatic carbocycles. The second-order valence-electron chi connectivity index (χ2n) is 7.81. The van der Waals surface area contributed by atoms with E-state index in [-0.39, 0.29) is 5.91 Å². The molecule has 1 aliphatic rings. The van der Waals surface area contributed by atoms with Gasteiger partial charge in [0, 0.05) is 24.4 Å².